The van der Waals surface area contributed by atoms with Gasteiger partial charge < -0.3 is 10.5 Å². The van der Waals surface area contributed by atoms with Crippen LogP contribution in [0.5, 0.6) is 11.5 Å². The lowest BCUT2D eigenvalue weighted by atomic mass is 10.1. The largest absolute Gasteiger partial charge is 0.455 e. The second kappa shape index (κ2) is 4.93. The number of nitrogens with two attached hydrogens (primary N) is 1. The first-order valence-electron chi connectivity index (χ1n) is 5.30. The van der Waals surface area contributed by atoms with Crippen molar-refractivity contribution in [2.24, 2.45) is 5.73 Å². The first-order valence-corrected chi connectivity index (χ1v) is 5.30. The van der Waals surface area contributed by atoms with E-state index < -0.39 is 0 Å². The van der Waals surface area contributed by atoms with Crippen molar-refractivity contribution < 1.29 is 9.13 Å². The topological polar surface area (TPSA) is 48.1 Å². The van der Waals surface area contributed by atoms with E-state index in [-0.39, 0.29) is 11.9 Å². The summed E-state index contributed by atoms with van der Waals surface area (Å²) < 4.78 is 18.7. The average Bonchev–Trinajstić information content (AvgIpc) is 2.32. The predicted octanol–water partition coefficient (Wildman–Crippen LogP) is 3.03. The molecule has 2 N–H and O–H groups in total. The second-order valence-electron chi connectivity index (χ2n) is 3.76. The van der Waals surface area contributed by atoms with E-state index in [1.165, 1.54) is 12.1 Å². The van der Waals surface area contributed by atoms with Crippen LogP contribution in [-0.2, 0) is 0 Å². The molecule has 0 aliphatic carbocycles. The van der Waals surface area contributed by atoms with Gasteiger partial charge in [0.05, 0.1) is 6.20 Å². The van der Waals surface area contributed by atoms with Gasteiger partial charge in [-0.1, -0.05) is 0 Å². The summed E-state index contributed by atoms with van der Waals surface area (Å²) in [6, 6.07) is 7.55. The van der Waals surface area contributed by atoms with Crippen molar-refractivity contribution in [2.75, 3.05) is 0 Å². The summed E-state index contributed by atoms with van der Waals surface area (Å²) in [7, 11) is 0. The first-order chi connectivity index (χ1) is 8.16. The maximum Gasteiger partial charge on any atom is 0.145 e. The summed E-state index contributed by atoms with van der Waals surface area (Å²) in [5.41, 5.74) is 6.41. The first kappa shape index (κ1) is 11.5. The summed E-state index contributed by atoms with van der Waals surface area (Å²) in [6.07, 6.45) is 3.25. The van der Waals surface area contributed by atoms with Gasteiger partial charge in [-0.2, -0.15) is 0 Å². The zero-order chi connectivity index (χ0) is 12.3. The molecule has 88 valence electrons. The molecule has 0 amide bonds. The van der Waals surface area contributed by atoms with Gasteiger partial charge in [0.2, 0.25) is 0 Å². The molecule has 1 atom stereocenters. The minimum Gasteiger partial charge on any atom is -0.455 e. The summed E-state index contributed by atoms with van der Waals surface area (Å²) in [4.78, 5) is 3.94. The third-order valence-electron chi connectivity index (χ3n) is 2.32. The van der Waals surface area contributed by atoms with Crippen LogP contribution in [-0.4, -0.2) is 4.98 Å². The van der Waals surface area contributed by atoms with Gasteiger partial charge in [0.1, 0.15) is 17.3 Å². The lowest BCUT2D eigenvalue weighted by molar-refractivity contribution is 0.467. The Morgan fingerprint density at radius 2 is 2.18 bits per heavy atom. The van der Waals surface area contributed by atoms with Crippen molar-refractivity contribution in [3.8, 4) is 11.5 Å². The highest BCUT2D eigenvalue weighted by molar-refractivity contribution is 5.39. The minimum atomic E-state index is -0.323. The maximum absolute atomic E-state index is 13.1. The van der Waals surface area contributed by atoms with Crippen LogP contribution in [0.4, 0.5) is 4.39 Å². The average molecular weight is 232 g/mol. The number of aromatic nitrogens is 1. The van der Waals surface area contributed by atoms with E-state index >= 15 is 0 Å². The molecule has 0 saturated carbocycles. The van der Waals surface area contributed by atoms with E-state index in [0.717, 1.165) is 0 Å². The van der Waals surface area contributed by atoms with Crippen LogP contribution in [0.1, 0.15) is 18.5 Å². The summed E-state index contributed by atoms with van der Waals surface area (Å²) >= 11 is 0. The third-order valence-corrected chi connectivity index (χ3v) is 2.32. The lowest BCUT2D eigenvalue weighted by Gasteiger charge is -2.13. The SMILES string of the molecule is CC(N)c1cc(F)ccc1Oc1cccnc1. The number of benzene rings is 1. The van der Waals surface area contributed by atoms with Crippen LogP contribution in [0.3, 0.4) is 0 Å². The van der Waals surface area contributed by atoms with Gasteiger partial charge in [-0.15, -0.1) is 0 Å². The highest BCUT2D eigenvalue weighted by Gasteiger charge is 2.10. The molecule has 17 heavy (non-hydrogen) atoms. The molecule has 2 rings (SSSR count). The van der Waals surface area contributed by atoms with E-state index in [1.807, 2.05) is 0 Å². The molecule has 0 spiro atoms. The molecular weight excluding hydrogens is 219 g/mol. The third kappa shape index (κ3) is 2.79. The second-order valence-corrected chi connectivity index (χ2v) is 3.76. The van der Waals surface area contributed by atoms with Crippen molar-refractivity contribution in [2.45, 2.75) is 13.0 Å². The molecule has 2 aromatic rings. The molecule has 4 heteroatoms. The molecule has 0 fully saturated rings. The van der Waals surface area contributed by atoms with E-state index in [9.17, 15) is 4.39 Å². The van der Waals surface area contributed by atoms with Crippen molar-refractivity contribution in [1.82, 2.24) is 4.98 Å². The van der Waals surface area contributed by atoms with Gasteiger partial charge in [-0.25, -0.2) is 4.39 Å². The van der Waals surface area contributed by atoms with Crippen LogP contribution >= 0.6 is 0 Å². The zero-order valence-corrected chi connectivity index (χ0v) is 9.43. The Morgan fingerprint density at radius 3 is 2.82 bits per heavy atom. The molecule has 3 nitrogen and oxygen atoms in total. The molecule has 1 aromatic heterocycles. The fraction of sp³-hybridized carbons (Fsp3) is 0.154. The van der Waals surface area contributed by atoms with Crippen LogP contribution in [0.2, 0.25) is 0 Å². The monoisotopic (exact) mass is 232 g/mol. The van der Waals surface area contributed by atoms with Gasteiger partial charge in [0.15, 0.2) is 0 Å². The fourth-order valence-electron chi connectivity index (χ4n) is 1.50. The molecule has 1 unspecified atom stereocenters. The Kier molecular flexibility index (Phi) is 3.35. The molecule has 0 saturated heterocycles. The summed E-state index contributed by atoms with van der Waals surface area (Å²) in [5, 5.41) is 0. The molecule has 1 heterocycles. The molecule has 1 aromatic carbocycles. The number of hydrogen-bond acceptors (Lipinski definition) is 3. The zero-order valence-electron chi connectivity index (χ0n) is 9.43. The lowest BCUT2D eigenvalue weighted by Crippen LogP contribution is -2.07. The molecule has 0 aliphatic heterocycles. The van der Waals surface area contributed by atoms with Gasteiger partial charge in [-0.05, 0) is 37.3 Å². The normalized spacial score (nSPS) is 12.2. The van der Waals surface area contributed by atoms with E-state index in [1.54, 1.807) is 37.5 Å². The van der Waals surface area contributed by atoms with Crippen molar-refractivity contribution in [3.05, 3.63) is 54.1 Å². The number of hydrogen-bond donors (Lipinski definition) is 1. The van der Waals surface area contributed by atoms with Crippen LogP contribution in [0, 0.1) is 5.82 Å². The summed E-state index contributed by atoms with van der Waals surface area (Å²) in [5.74, 6) is 0.825. The number of pyridine rings is 1. The van der Waals surface area contributed by atoms with Gasteiger partial charge >= 0.3 is 0 Å². The Labute approximate surface area is 99.1 Å². The highest BCUT2D eigenvalue weighted by atomic mass is 19.1. The van der Waals surface area contributed by atoms with Gasteiger partial charge in [0, 0.05) is 17.8 Å². The standard InChI is InChI=1S/C13H13FN2O/c1-9(15)12-7-10(14)4-5-13(12)17-11-3-2-6-16-8-11/h2-9H,15H2,1H3. The Morgan fingerprint density at radius 1 is 1.35 bits per heavy atom. The number of ether oxygens (including phenoxy) is 1. The minimum absolute atomic E-state index is 0.294. The smallest absolute Gasteiger partial charge is 0.145 e. The van der Waals surface area contributed by atoms with Gasteiger partial charge in [-0.3, -0.25) is 4.98 Å². The maximum atomic E-state index is 13.1. The summed E-state index contributed by atoms with van der Waals surface area (Å²) in [6.45, 7) is 1.78. The molecule has 0 bridgehead atoms. The predicted molar refractivity (Wildman–Crippen MR) is 63.3 cm³/mol. The van der Waals surface area contributed by atoms with Crippen molar-refractivity contribution >= 4 is 0 Å². The van der Waals surface area contributed by atoms with Gasteiger partial charge in [0.25, 0.3) is 0 Å². The van der Waals surface area contributed by atoms with E-state index in [0.29, 0.717) is 17.1 Å². The van der Waals surface area contributed by atoms with E-state index in [4.69, 9.17) is 10.5 Å². The number of halogens is 1. The number of nitrogens with zero attached hydrogens (tertiary/aromatic N) is 1. The Balaban J connectivity index is 2.33. The Hall–Kier alpha value is -1.94. The quantitative estimate of drug-likeness (QED) is 0.884. The number of rotatable bonds is 3. The molecule has 0 aliphatic rings. The van der Waals surface area contributed by atoms with Crippen molar-refractivity contribution in [3.63, 3.8) is 0 Å². The fourth-order valence-corrected chi connectivity index (χ4v) is 1.50. The Bertz CT molecular complexity index is 500. The van der Waals surface area contributed by atoms with Crippen LogP contribution < -0.4 is 10.5 Å². The van der Waals surface area contributed by atoms with Crippen LogP contribution in [0.15, 0.2) is 42.7 Å². The highest BCUT2D eigenvalue weighted by Crippen LogP contribution is 2.28. The van der Waals surface area contributed by atoms with Crippen molar-refractivity contribution in [1.29, 1.82) is 0 Å². The molecular formula is C13H13FN2O. The molecule has 0 radical (unpaired) electrons. The van der Waals surface area contributed by atoms with Crippen LogP contribution in [0.25, 0.3) is 0 Å². The van der Waals surface area contributed by atoms with E-state index in [2.05, 4.69) is 4.98 Å².